The van der Waals surface area contributed by atoms with Gasteiger partial charge in [-0.3, -0.25) is 4.79 Å². The van der Waals surface area contributed by atoms with Gasteiger partial charge in [-0.2, -0.15) is 0 Å². The lowest BCUT2D eigenvalue weighted by molar-refractivity contribution is -0.139. The van der Waals surface area contributed by atoms with E-state index in [1.165, 1.54) is 7.11 Å². The number of methoxy groups -OCH3 is 1. The molecule has 0 atom stereocenters. The van der Waals surface area contributed by atoms with E-state index in [2.05, 4.69) is 4.74 Å². The number of fused-ring (bicyclic) bond motifs is 2. The molecule has 0 aliphatic carbocycles. The lowest BCUT2D eigenvalue weighted by Crippen LogP contribution is -2.32. The Morgan fingerprint density at radius 3 is 2.78 bits per heavy atom. The van der Waals surface area contributed by atoms with E-state index in [0.29, 0.717) is 11.1 Å². The molecule has 2 aromatic rings. The van der Waals surface area contributed by atoms with E-state index < -0.39 is 11.6 Å². The average Bonchev–Trinajstić information content (AvgIpc) is 2.49. The van der Waals surface area contributed by atoms with Crippen molar-refractivity contribution in [2.24, 2.45) is 0 Å². The lowest BCUT2D eigenvalue weighted by Gasteiger charge is -2.32. The van der Waals surface area contributed by atoms with Crippen LogP contribution < -0.4 is 10.4 Å². The molecule has 5 heteroatoms. The first-order valence-electron chi connectivity index (χ1n) is 7.66. The van der Waals surface area contributed by atoms with Crippen LogP contribution in [0.3, 0.4) is 0 Å². The minimum Gasteiger partial charge on any atom is -0.487 e. The minimum atomic E-state index is -0.504. The Hall–Kier alpha value is -2.30. The maximum absolute atomic E-state index is 12.2. The van der Waals surface area contributed by atoms with Gasteiger partial charge in [-0.1, -0.05) is 0 Å². The van der Waals surface area contributed by atoms with Crippen LogP contribution in [0.1, 0.15) is 37.0 Å². The number of hydrogen-bond acceptors (Lipinski definition) is 5. The standard InChI is InChI=1S/C18H20O5/c1-10-12-7-11-5-6-18(2,3)23-14(11)9-15(12)22-17(20)13(10)8-16(19)21-4/h7,9H,5-6,8H2,1-4H3. The van der Waals surface area contributed by atoms with Crippen molar-refractivity contribution in [1.29, 1.82) is 0 Å². The zero-order valence-electron chi connectivity index (χ0n) is 13.8. The summed E-state index contributed by atoms with van der Waals surface area (Å²) < 4.78 is 16.0. The Labute approximate surface area is 134 Å². The van der Waals surface area contributed by atoms with Crippen molar-refractivity contribution in [1.82, 2.24) is 0 Å². The highest BCUT2D eigenvalue weighted by Crippen LogP contribution is 2.36. The summed E-state index contributed by atoms with van der Waals surface area (Å²) in [5.74, 6) is 0.305. The summed E-state index contributed by atoms with van der Waals surface area (Å²) in [4.78, 5) is 23.7. The quantitative estimate of drug-likeness (QED) is 0.629. The van der Waals surface area contributed by atoms with Crippen LogP contribution >= 0.6 is 0 Å². The number of benzene rings is 1. The van der Waals surface area contributed by atoms with Gasteiger partial charge in [0.05, 0.1) is 19.1 Å². The van der Waals surface area contributed by atoms with Crippen LogP contribution in [0.25, 0.3) is 11.0 Å². The molecule has 0 radical (unpaired) electrons. The second-order valence-electron chi connectivity index (χ2n) is 6.56. The second-order valence-corrected chi connectivity index (χ2v) is 6.56. The van der Waals surface area contributed by atoms with Gasteiger partial charge in [-0.25, -0.2) is 4.79 Å². The predicted octanol–water partition coefficient (Wildman–Crippen LogP) is 2.92. The highest BCUT2D eigenvalue weighted by molar-refractivity contribution is 5.85. The molecule has 0 saturated carbocycles. The molecule has 0 bridgehead atoms. The summed E-state index contributed by atoms with van der Waals surface area (Å²) >= 11 is 0. The predicted molar refractivity (Wildman–Crippen MR) is 86.0 cm³/mol. The SMILES string of the molecule is COC(=O)Cc1c(C)c2cc3c(cc2oc1=O)OC(C)(C)CC3. The van der Waals surface area contributed by atoms with Gasteiger partial charge in [-0.15, -0.1) is 0 Å². The molecule has 122 valence electrons. The molecule has 1 aromatic carbocycles. The lowest BCUT2D eigenvalue weighted by atomic mass is 9.92. The molecule has 1 aliphatic rings. The van der Waals surface area contributed by atoms with Gasteiger partial charge in [0.2, 0.25) is 0 Å². The van der Waals surface area contributed by atoms with Crippen molar-refractivity contribution >= 4 is 16.9 Å². The molecule has 5 nitrogen and oxygen atoms in total. The van der Waals surface area contributed by atoms with Crippen molar-refractivity contribution in [3.05, 3.63) is 39.2 Å². The molecular weight excluding hydrogens is 296 g/mol. The minimum absolute atomic E-state index is 0.0821. The topological polar surface area (TPSA) is 65.7 Å². The smallest absolute Gasteiger partial charge is 0.340 e. The summed E-state index contributed by atoms with van der Waals surface area (Å²) in [7, 11) is 1.30. The van der Waals surface area contributed by atoms with Gasteiger partial charge >= 0.3 is 11.6 Å². The molecule has 2 heterocycles. The molecule has 0 N–H and O–H groups in total. The summed E-state index contributed by atoms with van der Waals surface area (Å²) in [6, 6.07) is 3.78. The number of carbonyl (C=O) groups excluding carboxylic acids is 1. The Morgan fingerprint density at radius 2 is 2.09 bits per heavy atom. The van der Waals surface area contributed by atoms with E-state index in [1.807, 2.05) is 26.8 Å². The molecule has 1 aromatic heterocycles. The molecule has 0 amide bonds. The number of ether oxygens (including phenoxy) is 2. The summed E-state index contributed by atoms with van der Waals surface area (Å²) in [5, 5.41) is 0.838. The second kappa shape index (κ2) is 5.41. The van der Waals surface area contributed by atoms with Crippen LogP contribution in [0.2, 0.25) is 0 Å². The van der Waals surface area contributed by atoms with Crippen LogP contribution in [0.5, 0.6) is 5.75 Å². The van der Waals surface area contributed by atoms with Crippen molar-refractivity contribution in [3.8, 4) is 5.75 Å². The summed E-state index contributed by atoms with van der Waals surface area (Å²) in [6.07, 6.45) is 1.75. The van der Waals surface area contributed by atoms with Gasteiger partial charge < -0.3 is 13.9 Å². The Morgan fingerprint density at radius 1 is 1.35 bits per heavy atom. The molecule has 1 aliphatic heterocycles. The van der Waals surface area contributed by atoms with Crippen molar-refractivity contribution < 1.29 is 18.7 Å². The Kier molecular flexibility index (Phi) is 3.66. The van der Waals surface area contributed by atoms with E-state index >= 15 is 0 Å². The van der Waals surface area contributed by atoms with Crippen molar-refractivity contribution in [3.63, 3.8) is 0 Å². The number of esters is 1. The number of aryl methyl sites for hydroxylation is 2. The van der Waals surface area contributed by atoms with Crippen LogP contribution in [0, 0.1) is 6.92 Å². The van der Waals surface area contributed by atoms with Crippen LogP contribution in [-0.4, -0.2) is 18.7 Å². The molecule has 0 unspecified atom stereocenters. The third-order valence-electron chi connectivity index (χ3n) is 4.40. The molecule has 0 spiro atoms. The fraction of sp³-hybridized carbons (Fsp3) is 0.444. The fourth-order valence-corrected chi connectivity index (χ4v) is 2.96. The first kappa shape index (κ1) is 15.6. The van der Waals surface area contributed by atoms with E-state index in [9.17, 15) is 9.59 Å². The van der Waals surface area contributed by atoms with Crippen LogP contribution in [0.4, 0.5) is 0 Å². The van der Waals surface area contributed by atoms with Crippen LogP contribution in [-0.2, 0) is 22.4 Å². The molecule has 0 saturated heterocycles. The maximum atomic E-state index is 12.2. The first-order valence-corrected chi connectivity index (χ1v) is 7.66. The van der Waals surface area contributed by atoms with E-state index in [1.54, 1.807) is 6.07 Å². The van der Waals surface area contributed by atoms with Crippen molar-refractivity contribution in [2.75, 3.05) is 7.11 Å². The molecule has 0 fully saturated rings. The molecule has 23 heavy (non-hydrogen) atoms. The van der Waals surface area contributed by atoms with Gasteiger partial charge in [0.1, 0.15) is 16.9 Å². The number of hydrogen-bond donors (Lipinski definition) is 0. The van der Waals surface area contributed by atoms with Gasteiger partial charge in [0.15, 0.2) is 0 Å². The van der Waals surface area contributed by atoms with Gasteiger partial charge in [0.25, 0.3) is 0 Å². The first-order chi connectivity index (χ1) is 10.8. The third-order valence-corrected chi connectivity index (χ3v) is 4.40. The number of carbonyl (C=O) groups is 1. The molecular formula is C18H20O5. The average molecular weight is 316 g/mol. The van der Waals surface area contributed by atoms with E-state index in [-0.39, 0.29) is 12.0 Å². The van der Waals surface area contributed by atoms with Gasteiger partial charge in [-0.05, 0) is 50.8 Å². The summed E-state index contributed by atoms with van der Waals surface area (Å²) in [6.45, 7) is 5.92. The maximum Gasteiger partial charge on any atom is 0.340 e. The monoisotopic (exact) mass is 316 g/mol. The summed E-state index contributed by atoms with van der Waals surface area (Å²) in [5.41, 5.74) is 1.96. The van der Waals surface area contributed by atoms with Crippen molar-refractivity contribution in [2.45, 2.75) is 45.6 Å². The number of rotatable bonds is 2. The largest absolute Gasteiger partial charge is 0.487 e. The van der Waals surface area contributed by atoms with Gasteiger partial charge in [0, 0.05) is 11.5 Å². The zero-order chi connectivity index (χ0) is 16.8. The Bertz CT molecular complexity index is 845. The molecule has 3 rings (SSSR count). The normalized spacial score (nSPS) is 15.8. The Balaban J connectivity index is 2.16. The highest BCUT2D eigenvalue weighted by Gasteiger charge is 2.27. The highest BCUT2D eigenvalue weighted by atomic mass is 16.5. The van der Waals surface area contributed by atoms with Crippen LogP contribution in [0.15, 0.2) is 21.3 Å². The zero-order valence-corrected chi connectivity index (χ0v) is 13.8. The van der Waals surface area contributed by atoms with E-state index in [4.69, 9.17) is 9.15 Å². The fourth-order valence-electron chi connectivity index (χ4n) is 2.96. The van der Waals surface area contributed by atoms with E-state index in [0.717, 1.165) is 35.1 Å². The third kappa shape index (κ3) is 2.83.